The number of carbonyl (C=O) groups is 2. The topological polar surface area (TPSA) is 138 Å². The van der Waals surface area contributed by atoms with Gasteiger partial charge in [0.15, 0.2) is 0 Å². The van der Waals surface area contributed by atoms with Gasteiger partial charge >= 0.3 is 12.0 Å². The van der Waals surface area contributed by atoms with Gasteiger partial charge in [0.1, 0.15) is 16.9 Å². The first-order valence-electron chi connectivity index (χ1n) is 7.14. The van der Waals surface area contributed by atoms with Crippen LogP contribution >= 0.6 is 0 Å². The molecule has 0 atom stereocenters. The lowest BCUT2D eigenvalue weighted by molar-refractivity contribution is 0.0596. The van der Waals surface area contributed by atoms with Crippen LogP contribution in [0.1, 0.15) is 17.3 Å². The number of nitrogens with one attached hydrogen (secondary N) is 3. The zero-order chi connectivity index (χ0) is 19.3. The van der Waals surface area contributed by atoms with Gasteiger partial charge in [0, 0.05) is 0 Å². The molecule has 26 heavy (non-hydrogen) atoms. The summed E-state index contributed by atoms with van der Waals surface area (Å²) in [5, 5.41) is 1.07. The Morgan fingerprint density at radius 3 is 2.58 bits per heavy atom. The molecule has 0 unspecified atom stereocenters. The highest BCUT2D eigenvalue weighted by atomic mass is 32.2. The standard InChI is InChI=1S/C14H17N5O6S/c1-9-15-12(24-2)8-19(16-9)17-14(21)18-26(22,23)11-7-5-4-6-10(11)13(20)25-3/h4-8H,1-3H3,(H,15,16)(H2,17,18,21). The molecule has 0 radical (unpaired) electrons. The number of aliphatic imine (C=N–C) groups is 1. The highest BCUT2D eigenvalue weighted by Crippen LogP contribution is 2.16. The number of benzene rings is 1. The summed E-state index contributed by atoms with van der Waals surface area (Å²) in [5.41, 5.74) is 4.71. The summed E-state index contributed by atoms with van der Waals surface area (Å²) in [5.74, 6) is -0.243. The Bertz CT molecular complexity index is 880. The van der Waals surface area contributed by atoms with E-state index in [1.54, 1.807) is 6.92 Å². The van der Waals surface area contributed by atoms with Gasteiger partial charge in [-0.25, -0.2) is 28.2 Å². The van der Waals surface area contributed by atoms with E-state index in [0.717, 1.165) is 12.2 Å². The van der Waals surface area contributed by atoms with E-state index in [0.29, 0.717) is 5.84 Å². The van der Waals surface area contributed by atoms with Crippen LogP contribution < -0.4 is 15.6 Å². The first-order chi connectivity index (χ1) is 12.3. The average Bonchev–Trinajstić information content (AvgIpc) is 2.59. The second kappa shape index (κ2) is 7.74. The maximum atomic E-state index is 12.4. The number of sulfonamides is 1. The van der Waals surface area contributed by atoms with E-state index < -0.39 is 22.0 Å². The van der Waals surface area contributed by atoms with Crippen molar-refractivity contribution < 1.29 is 27.5 Å². The summed E-state index contributed by atoms with van der Waals surface area (Å²) in [6, 6.07) is 4.28. The molecule has 2 amide bonds. The first kappa shape index (κ1) is 19.1. The number of esters is 1. The average molecular weight is 383 g/mol. The van der Waals surface area contributed by atoms with Crippen LogP contribution in [-0.2, 0) is 19.5 Å². The molecule has 0 saturated carbocycles. The monoisotopic (exact) mass is 383 g/mol. The second-order valence-corrected chi connectivity index (χ2v) is 6.54. The van der Waals surface area contributed by atoms with Crippen LogP contribution in [0.4, 0.5) is 4.79 Å². The van der Waals surface area contributed by atoms with Crippen LogP contribution in [0.2, 0.25) is 0 Å². The third kappa shape index (κ3) is 4.42. The molecule has 0 fully saturated rings. The summed E-state index contributed by atoms with van der Waals surface area (Å²) < 4.78 is 36.2. The van der Waals surface area contributed by atoms with E-state index in [4.69, 9.17) is 4.74 Å². The molecule has 1 aromatic carbocycles. The van der Waals surface area contributed by atoms with E-state index in [2.05, 4.69) is 20.6 Å². The molecule has 0 bridgehead atoms. The van der Waals surface area contributed by atoms with Gasteiger partial charge in [0.05, 0.1) is 19.8 Å². The molecule has 2 rings (SSSR count). The van der Waals surface area contributed by atoms with Gasteiger partial charge in [-0.15, -0.1) is 0 Å². The number of amides is 2. The normalized spacial score (nSPS) is 13.7. The number of urea groups is 1. The van der Waals surface area contributed by atoms with Gasteiger partial charge in [0.25, 0.3) is 10.0 Å². The maximum absolute atomic E-state index is 12.4. The second-order valence-electron chi connectivity index (χ2n) is 4.88. The van der Waals surface area contributed by atoms with Crippen LogP contribution in [-0.4, -0.2) is 45.6 Å². The van der Waals surface area contributed by atoms with Crippen LogP contribution in [0.3, 0.4) is 0 Å². The van der Waals surface area contributed by atoms with Gasteiger partial charge in [-0.2, -0.15) is 10.1 Å². The molecule has 0 saturated heterocycles. The summed E-state index contributed by atoms with van der Waals surface area (Å²) in [6.07, 6.45) is 1.29. The number of hydrogen-bond donors (Lipinski definition) is 3. The molecule has 3 N–H and O–H groups in total. The predicted octanol–water partition coefficient (Wildman–Crippen LogP) is 0.0600. The lowest BCUT2D eigenvalue weighted by atomic mass is 10.2. The van der Waals surface area contributed by atoms with Crippen molar-refractivity contribution in [1.29, 1.82) is 0 Å². The van der Waals surface area contributed by atoms with Gasteiger partial charge in [-0.05, 0) is 19.1 Å². The summed E-state index contributed by atoms with van der Waals surface area (Å²) in [7, 11) is -1.82. The number of hydrogen-bond acceptors (Lipinski definition) is 9. The fraction of sp³-hybridized carbons (Fsp3) is 0.214. The van der Waals surface area contributed by atoms with E-state index in [1.807, 2.05) is 4.72 Å². The lowest BCUT2D eigenvalue weighted by Crippen LogP contribution is -2.54. The minimum atomic E-state index is -4.33. The molecule has 0 aliphatic carbocycles. The number of carbonyl (C=O) groups excluding carboxylic acids is 2. The van der Waals surface area contributed by atoms with Crippen LogP contribution in [0.5, 0.6) is 0 Å². The van der Waals surface area contributed by atoms with Crippen molar-refractivity contribution in [3.8, 4) is 0 Å². The Hall–Kier alpha value is -3.28. The molecule has 1 aliphatic rings. The molecule has 140 valence electrons. The van der Waals surface area contributed by atoms with E-state index in [-0.39, 0.29) is 16.3 Å². The Kier molecular flexibility index (Phi) is 5.67. The summed E-state index contributed by atoms with van der Waals surface area (Å²) in [6.45, 7) is 1.61. The van der Waals surface area contributed by atoms with Gasteiger partial charge < -0.3 is 9.47 Å². The summed E-state index contributed by atoms with van der Waals surface area (Å²) >= 11 is 0. The quantitative estimate of drug-likeness (QED) is 0.607. The van der Waals surface area contributed by atoms with E-state index in [1.165, 1.54) is 37.6 Å². The number of hydrazine groups is 2. The van der Waals surface area contributed by atoms with Crippen molar-refractivity contribution >= 4 is 27.9 Å². The van der Waals surface area contributed by atoms with Gasteiger partial charge in [-0.1, -0.05) is 12.1 Å². The number of amidine groups is 1. The van der Waals surface area contributed by atoms with Crippen molar-refractivity contribution in [2.45, 2.75) is 11.8 Å². The predicted molar refractivity (Wildman–Crippen MR) is 89.8 cm³/mol. The molecule has 0 spiro atoms. The van der Waals surface area contributed by atoms with Crippen molar-refractivity contribution in [3.63, 3.8) is 0 Å². The first-order valence-corrected chi connectivity index (χ1v) is 8.63. The minimum absolute atomic E-state index is 0.195. The molecule has 1 aromatic rings. The SMILES string of the molecule is COC(=O)c1ccccc1S(=O)(=O)NC(=O)NN1C=C(OC)N=C(C)N1. The Morgan fingerprint density at radius 2 is 1.92 bits per heavy atom. The zero-order valence-electron chi connectivity index (χ0n) is 14.1. The fourth-order valence-corrected chi connectivity index (χ4v) is 3.08. The molecule has 11 nitrogen and oxygen atoms in total. The van der Waals surface area contributed by atoms with Gasteiger partial charge in [-0.3, -0.25) is 5.43 Å². The van der Waals surface area contributed by atoms with Crippen molar-refractivity contribution in [1.82, 2.24) is 20.7 Å². The fourth-order valence-electron chi connectivity index (χ4n) is 1.98. The van der Waals surface area contributed by atoms with Crippen molar-refractivity contribution in [2.24, 2.45) is 4.99 Å². The minimum Gasteiger partial charge on any atom is -0.480 e. The number of nitrogens with zero attached hydrogens (tertiary/aromatic N) is 2. The largest absolute Gasteiger partial charge is 0.480 e. The van der Waals surface area contributed by atoms with E-state index in [9.17, 15) is 18.0 Å². The number of methoxy groups -OCH3 is 2. The Balaban J connectivity index is 2.15. The summed E-state index contributed by atoms with van der Waals surface area (Å²) in [4.78, 5) is 27.4. The van der Waals surface area contributed by atoms with Crippen LogP contribution in [0.15, 0.2) is 46.2 Å². The van der Waals surface area contributed by atoms with Crippen molar-refractivity contribution in [3.05, 3.63) is 41.9 Å². The molecular formula is C14H17N5O6S. The third-order valence-electron chi connectivity index (χ3n) is 3.04. The molecule has 0 aromatic heterocycles. The van der Waals surface area contributed by atoms with Crippen LogP contribution in [0.25, 0.3) is 0 Å². The lowest BCUT2D eigenvalue weighted by Gasteiger charge is -2.25. The number of ether oxygens (including phenoxy) is 2. The highest BCUT2D eigenvalue weighted by Gasteiger charge is 2.25. The van der Waals surface area contributed by atoms with Crippen LogP contribution in [0, 0.1) is 0 Å². The maximum Gasteiger partial charge on any atom is 0.349 e. The highest BCUT2D eigenvalue weighted by molar-refractivity contribution is 7.90. The molecule has 1 heterocycles. The molecule has 12 heteroatoms. The van der Waals surface area contributed by atoms with E-state index >= 15 is 0 Å². The van der Waals surface area contributed by atoms with Gasteiger partial charge in [0.2, 0.25) is 5.88 Å². The molecule has 1 aliphatic heterocycles. The Morgan fingerprint density at radius 1 is 1.23 bits per heavy atom. The number of rotatable bonds is 5. The Labute approximate surface area is 149 Å². The van der Waals surface area contributed by atoms with Crippen molar-refractivity contribution in [2.75, 3.05) is 14.2 Å². The molecular weight excluding hydrogens is 366 g/mol. The smallest absolute Gasteiger partial charge is 0.349 e. The zero-order valence-corrected chi connectivity index (χ0v) is 15.0. The third-order valence-corrected chi connectivity index (χ3v) is 4.43.